The molecule has 0 unspecified atom stereocenters. The highest BCUT2D eigenvalue weighted by Crippen LogP contribution is 2.25. The third-order valence-electron chi connectivity index (χ3n) is 5.31. The number of ether oxygens (including phenoxy) is 3. The molecular formula is C23H27NO7S. The van der Waals surface area contributed by atoms with Gasteiger partial charge in [-0.15, -0.1) is 0 Å². The lowest BCUT2D eigenvalue weighted by Gasteiger charge is -2.20. The first kappa shape index (κ1) is 23.7. The number of sulfonamides is 1. The van der Waals surface area contributed by atoms with Gasteiger partial charge < -0.3 is 14.2 Å². The van der Waals surface area contributed by atoms with Gasteiger partial charge in [-0.25, -0.2) is 13.2 Å². The summed E-state index contributed by atoms with van der Waals surface area (Å²) >= 11 is 0. The van der Waals surface area contributed by atoms with E-state index in [2.05, 4.69) is 0 Å². The Balaban J connectivity index is 1.72. The first-order valence-electron chi connectivity index (χ1n) is 10.4. The molecule has 0 spiro atoms. The van der Waals surface area contributed by atoms with E-state index in [1.807, 2.05) is 0 Å². The second-order valence-electron chi connectivity index (χ2n) is 7.41. The average Bonchev–Trinajstić information content (AvgIpc) is 3.12. The fraction of sp³-hybridized carbons (Fsp3) is 0.391. The molecule has 0 aliphatic carbocycles. The Morgan fingerprint density at radius 3 is 2.31 bits per heavy atom. The van der Waals surface area contributed by atoms with E-state index in [-0.39, 0.29) is 16.0 Å². The lowest BCUT2D eigenvalue weighted by atomic mass is 10.1. The number of carbonyl (C=O) groups is 2. The molecule has 0 aromatic heterocycles. The summed E-state index contributed by atoms with van der Waals surface area (Å²) in [5.41, 5.74) is 0.281. The normalized spacial score (nSPS) is 14.9. The predicted molar refractivity (Wildman–Crippen MR) is 118 cm³/mol. The maximum atomic E-state index is 13.0. The Bertz CT molecular complexity index is 1070. The van der Waals surface area contributed by atoms with Gasteiger partial charge in [-0.3, -0.25) is 4.79 Å². The summed E-state index contributed by atoms with van der Waals surface area (Å²) < 4.78 is 42.9. The van der Waals surface area contributed by atoms with Crippen LogP contribution in [0.1, 0.15) is 46.4 Å². The summed E-state index contributed by atoms with van der Waals surface area (Å²) in [6.45, 7) is 0.410. The van der Waals surface area contributed by atoms with Gasteiger partial charge in [0.25, 0.3) is 0 Å². The first-order chi connectivity index (χ1) is 15.4. The van der Waals surface area contributed by atoms with E-state index in [0.29, 0.717) is 24.6 Å². The maximum Gasteiger partial charge on any atom is 0.338 e. The molecular weight excluding hydrogens is 434 g/mol. The van der Waals surface area contributed by atoms with Crippen molar-refractivity contribution < 1.29 is 32.2 Å². The second kappa shape index (κ2) is 10.6. The van der Waals surface area contributed by atoms with Crippen LogP contribution in [0.2, 0.25) is 0 Å². The molecule has 32 heavy (non-hydrogen) atoms. The Morgan fingerprint density at radius 1 is 0.938 bits per heavy atom. The largest absolute Gasteiger partial charge is 0.497 e. The summed E-state index contributed by atoms with van der Waals surface area (Å²) in [6.07, 6.45) is 3.64. The van der Waals surface area contributed by atoms with Crippen molar-refractivity contribution >= 4 is 21.8 Å². The highest BCUT2D eigenvalue weighted by molar-refractivity contribution is 7.89. The number of ketones is 1. The number of benzene rings is 2. The minimum Gasteiger partial charge on any atom is -0.497 e. The van der Waals surface area contributed by atoms with Gasteiger partial charge in [-0.05, 0) is 49.2 Å². The van der Waals surface area contributed by atoms with Crippen molar-refractivity contribution in [2.75, 3.05) is 33.9 Å². The molecule has 1 saturated heterocycles. The van der Waals surface area contributed by atoms with Crippen molar-refractivity contribution in [1.82, 2.24) is 4.31 Å². The monoisotopic (exact) mass is 461 g/mol. The fourth-order valence-corrected chi connectivity index (χ4v) is 5.10. The van der Waals surface area contributed by atoms with Crippen LogP contribution in [0.4, 0.5) is 0 Å². The number of hydrogen-bond donors (Lipinski definition) is 0. The summed E-state index contributed by atoms with van der Waals surface area (Å²) in [4.78, 5) is 25.1. The Morgan fingerprint density at radius 2 is 1.66 bits per heavy atom. The molecule has 1 fully saturated rings. The van der Waals surface area contributed by atoms with Crippen LogP contribution in [0.15, 0.2) is 47.4 Å². The molecule has 0 bridgehead atoms. The Hall–Kier alpha value is -2.91. The van der Waals surface area contributed by atoms with Crippen molar-refractivity contribution in [3.05, 3.63) is 53.6 Å². The molecule has 172 valence electrons. The van der Waals surface area contributed by atoms with E-state index >= 15 is 0 Å². The number of carbonyl (C=O) groups excluding carboxylic acids is 2. The van der Waals surface area contributed by atoms with Crippen molar-refractivity contribution in [1.29, 1.82) is 0 Å². The molecule has 8 nitrogen and oxygen atoms in total. The Kier molecular flexibility index (Phi) is 7.87. The maximum absolute atomic E-state index is 13.0. The molecule has 0 saturated carbocycles. The third-order valence-corrected chi connectivity index (χ3v) is 7.21. The first-order valence-corrected chi connectivity index (χ1v) is 11.8. The molecule has 2 aromatic rings. The molecule has 0 N–H and O–H groups in total. The van der Waals surface area contributed by atoms with Gasteiger partial charge in [0.15, 0.2) is 6.61 Å². The molecule has 0 radical (unpaired) electrons. The quantitative estimate of drug-likeness (QED) is 0.439. The zero-order valence-corrected chi connectivity index (χ0v) is 19.0. The number of hydrogen-bond acceptors (Lipinski definition) is 7. The highest BCUT2D eigenvalue weighted by Gasteiger charge is 2.26. The molecule has 1 aliphatic heterocycles. The van der Waals surface area contributed by atoms with Gasteiger partial charge >= 0.3 is 5.97 Å². The fourth-order valence-electron chi connectivity index (χ4n) is 3.54. The SMILES string of the molecule is COc1ccc(OC)c(C(=O)COC(=O)c2cccc(S(=O)(=O)N3CCCCCC3)c2)c1. The van der Waals surface area contributed by atoms with Crippen LogP contribution in [0.3, 0.4) is 0 Å². The molecule has 1 aliphatic rings. The molecule has 2 aromatic carbocycles. The van der Waals surface area contributed by atoms with Gasteiger partial charge in [-0.2, -0.15) is 4.31 Å². The number of methoxy groups -OCH3 is 2. The van der Waals surface area contributed by atoms with Crippen molar-refractivity contribution in [2.45, 2.75) is 30.6 Å². The van der Waals surface area contributed by atoms with E-state index < -0.39 is 28.4 Å². The molecule has 0 amide bonds. The van der Waals surface area contributed by atoms with Crippen LogP contribution in [0.25, 0.3) is 0 Å². The zero-order valence-electron chi connectivity index (χ0n) is 18.2. The second-order valence-corrected chi connectivity index (χ2v) is 9.35. The van der Waals surface area contributed by atoms with Crippen LogP contribution < -0.4 is 9.47 Å². The van der Waals surface area contributed by atoms with Crippen molar-refractivity contribution in [3.8, 4) is 11.5 Å². The third kappa shape index (κ3) is 5.46. The van der Waals surface area contributed by atoms with E-state index in [4.69, 9.17) is 14.2 Å². The van der Waals surface area contributed by atoms with Crippen LogP contribution in [-0.4, -0.2) is 58.4 Å². The number of Topliss-reactive ketones (excluding diaryl/α,β-unsaturated/α-hetero) is 1. The summed E-state index contributed by atoms with van der Waals surface area (Å²) in [5, 5.41) is 0. The molecule has 3 rings (SSSR count). The van der Waals surface area contributed by atoms with Crippen LogP contribution in [0, 0.1) is 0 Å². The van der Waals surface area contributed by atoms with Gasteiger partial charge in [0.2, 0.25) is 15.8 Å². The molecule has 1 heterocycles. The number of nitrogens with zero attached hydrogens (tertiary/aromatic N) is 1. The highest BCUT2D eigenvalue weighted by atomic mass is 32.2. The van der Waals surface area contributed by atoms with E-state index in [0.717, 1.165) is 25.7 Å². The van der Waals surface area contributed by atoms with Crippen molar-refractivity contribution in [3.63, 3.8) is 0 Å². The lowest BCUT2D eigenvalue weighted by Crippen LogP contribution is -2.32. The van der Waals surface area contributed by atoms with E-state index in [1.54, 1.807) is 12.1 Å². The predicted octanol–water partition coefficient (Wildman–Crippen LogP) is 3.31. The summed E-state index contributed by atoms with van der Waals surface area (Å²) in [6, 6.07) is 10.4. The summed E-state index contributed by atoms with van der Waals surface area (Å²) in [5.74, 6) is -0.458. The van der Waals surface area contributed by atoms with Crippen LogP contribution in [-0.2, 0) is 14.8 Å². The van der Waals surface area contributed by atoms with Gasteiger partial charge in [0.1, 0.15) is 11.5 Å². The van der Waals surface area contributed by atoms with Crippen molar-refractivity contribution in [2.24, 2.45) is 0 Å². The Labute approximate surface area is 188 Å². The minimum absolute atomic E-state index is 0.0367. The average molecular weight is 462 g/mol. The smallest absolute Gasteiger partial charge is 0.338 e. The number of rotatable bonds is 8. The van der Waals surface area contributed by atoms with E-state index in [1.165, 1.54) is 48.9 Å². The van der Waals surface area contributed by atoms with Gasteiger partial charge in [0.05, 0.1) is 30.2 Å². The lowest BCUT2D eigenvalue weighted by molar-refractivity contribution is 0.0473. The minimum atomic E-state index is -3.70. The molecule has 9 heteroatoms. The van der Waals surface area contributed by atoms with Gasteiger partial charge in [0, 0.05) is 13.1 Å². The van der Waals surface area contributed by atoms with Gasteiger partial charge in [-0.1, -0.05) is 18.9 Å². The van der Waals surface area contributed by atoms with E-state index in [9.17, 15) is 18.0 Å². The zero-order chi connectivity index (χ0) is 23.1. The summed E-state index contributed by atoms with van der Waals surface area (Å²) in [7, 11) is -0.798. The number of esters is 1. The van der Waals surface area contributed by atoms with Crippen LogP contribution in [0.5, 0.6) is 11.5 Å². The van der Waals surface area contributed by atoms with Crippen LogP contribution >= 0.6 is 0 Å². The standard InChI is InChI=1S/C23H27NO7S/c1-29-18-10-11-22(30-2)20(15-18)21(25)16-31-23(26)17-8-7-9-19(14-17)32(27,28)24-12-5-3-4-6-13-24/h7-11,14-15H,3-6,12-13,16H2,1-2H3. The topological polar surface area (TPSA) is 99.2 Å². The molecule has 0 atom stereocenters.